The highest BCUT2D eigenvalue weighted by Crippen LogP contribution is 2.22. The Hall–Kier alpha value is -3.78. The Kier molecular flexibility index (Phi) is 6.95. The zero-order chi connectivity index (χ0) is 23.2. The molecule has 0 fully saturated rings. The minimum Gasteiger partial charge on any atom is -0.455 e. The summed E-state index contributed by atoms with van der Waals surface area (Å²) in [4.78, 5) is 21.2. The summed E-state index contributed by atoms with van der Waals surface area (Å²) in [6, 6.07) is 18.7. The van der Waals surface area contributed by atoms with Crippen molar-refractivity contribution in [2.75, 3.05) is 0 Å². The largest absolute Gasteiger partial charge is 0.455 e. The molecule has 4 rings (SSSR count). The topological polar surface area (TPSA) is 80.4 Å². The molecule has 2 aromatic heterocycles. The molecule has 166 valence electrons. The van der Waals surface area contributed by atoms with Crippen LogP contribution in [0.25, 0.3) is 11.3 Å². The van der Waals surface area contributed by atoms with Gasteiger partial charge in [0.25, 0.3) is 5.91 Å². The van der Waals surface area contributed by atoms with E-state index in [1.165, 1.54) is 18.3 Å². The summed E-state index contributed by atoms with van der Waals surface area (Å²) in [5, 5.41) is 4.69. The van der Waals surface area contributed by atoms with Crippen molar-refractivity contribution in [2.24, 2.45) is 5.10 Å². The van der Waals surface area contributed by atoms with Crippen LogP contribution in [0.3, 0.4) is 0 Å². The number of furan rings is 1. The fourth-order valence-electron chi connectivity index (χ4n) is 3.07. The predicted molar refractivity (Wildman–Crippen MR) is 127 cm³/mol. The van der Waals surface area contributed by atoms with Crippen LogP contribution in [-0.4, -0.2) is 22.1 Å². The Bertz CT molecular complexity index is 1260. The van der Waals surface area contributed by atoms with E-state index in [0.29, 0.717) is 22.8 Å². The van der Waals surface area contributed by atoms with Crippen molar-refractivity contribution in [3.8, 4) is 11.3 Å². The first kappa shape index (κ1) is 22.4. The second kappa shape index (κ2) is 10.2. The molecule has 4 aromatic rings. The molecule has 0 aliphatic carbocycles. The van der Waals surface area contributed by atoms with E-state index in [4.69, 9.17) is 4.42 Å². The van der Waals surface area contributed by atoms with Gasteiger partial charge in [-0.25, -0.2) is 19.8 Å². The number of amides is 1. The van der Waals surface area contributed by atoms with E-state index >= 15 is 0 Å². The molecule has 2 aromatic carbocycles. The second-order valence-electron chi connectivity index (χ2n) is 7.33. The Morgan fingerprint density at radius 3 is 2.42 bits per heavy atom. The average molecular weight is 461 g/mol. The van der Waals surface area contributed by atoms with E-state index in [1.54, 1.807) is 48.2 Å². The normalized spacial score (nSPS) is 11.1. The fraction of sp³-hybridized carbons (Fsp3) is 0.120. The molecule has 0 atom stereocenters. The lowest BCUT2D eigenvalue weighted by atomic mass is 10.1. The third-order valence-electron chi connectivity index (χ3n) is 4.66. The number of halogens is 1. The summed E-state index contributed by atoms with van der Waals surface area (Å²) in [5.41, 5.74) is 6.69. The number of benzene rings is 2. The van der Waals surface area contributed by atoms with E-state index in [0.717, 1.165) is 27.7 Å². The van der Waals surface area contributed by atoms with Gasteiger partial charge in [0.15, 0.2) is 5.16 Å². The Labute approximate surface area is 195 Å². The highest BCUT2D eigenvalue weighted by atomic mass is 32.2. The maximum absolute atomic E-state index is 13.0. The van der Waals surface area contributed by atoms with Gasteiger partial charge < -0.3 is 4.42 Å². The van der Waals surface area contributed by atoms with Crippen LogP contribution in [0.1, 0.15) is 33.1 Å². The van der Waals surface area contributed by atoms with Crippen molar-refractivity contribution >= 4 is 23.9 Å². The number of aryl methyl sites for hydroxylation is 2. The molecule has 0 aliphatic heterocycles. The van der Waals surface area contributed by atoms with Gasteiger partial charge in [-0.05, 0) is 74.0 Å². The summed E-state index contributed by atoms with van der Waals surface area (Å²) >= 11 is 1.55. The van der Waals surface area contributed by atoms with Gasteiger partial charge in [0.1, 0.15) is 17.3 Å². The van der Waals surface area contributed by atoms with Crippen LogP contribution in [0.4, 0.5) is 4.39 Å². The SMILES string of the molecule is Cc1cc(C)nc(SCc2ccc(C(=O)N/N=C/c3ccc(-c4ccc(F)cc4)o3)cc2)n1. The number of thioether (sulfide) groups is 1. The Morgan fingerprint density at radius 2 is 1.73 bits per heavy atom. The second-order valence-corrected chi connectivity index (χ2v) is 8.27. The third kappa shape index (κ3) is 6.14. The van der Waals surface area contributed by atoms with Crippen molar-refractivity contribution in [2.45, 2.75) is 24.8 Å². The van der Waals surface area contributed by atoms with Crippen LogP contribution in [0.2, 0.25) is 0 Å². The number of carbonyl (C=O) groups is 1. The molecule has 0 saturated heterocycles. The first-order valence-electron chi connectivity index (χ1n) is 10.2. The van der Waals surface area contributed by atoms with Crippen molar-refractivity contribution in [1.82, 2.24) is 15.4 Å². The van der Waals surface area contributed by atoms with E-state index in [9.17, 15) is 9.18 Å². The van der Waals surface area contributed by atoms with Gasteiger partial charge in [-0.15, -0.1) is 0 Å². The van der Waals surface area contributed by atoms with Crippen molar-refractivity contribution in [1.29, 1.82) is 0 Å². The van der Waals surface area contributed by atoms with Gasteiger partial charge in [-0.3, -0.25) is 4.79 Å². The Morgan fingerprint density at radius 1 is 1.03 bits per heavy atom. The third-order valence-corrected chi connectivity index (χ3v) is 5.58. The zero-order valence-corrected chi connectivity index (χ0v) is 18.9. The summed E-state index contributed by atoms with van der Waals surface area (Å²) in [6.07, 6.45) is 1.42. The van der Waals surface area contributed by atoms with Crippen molar-refractivity contribution < 1.29 is 13.6 Å². The van der Waals surface area contributed by atoms with E-state index < -0.39 is 0 Å². The average Bonchev–Trinajstić information content (AvgIpc) is 3.27. The predicted octanol–water partition coefficient (Wildman–Crippen LogP) is 5.55. The lowest BCUT2D eigenvalue weighted by molar-refractivity contribution is 0.0955. The van der Waals surface area contributed by atoms with E-state index in [1.807, 2.05) is 32.0 Å². The number of aromatic nitrogens is 2. The number of rotatable bonds is 7. The number of hydrazone groups is 1. The summed E-state index contributed by atoms with van der Waals surface area (Å²) in [5.74, 6) is 1.13. The number of carbonyl (C=O) groups excluding carboxylic acids is 1. The van der Waals surface area contributed by atoms with Crippen LogP contribution in [0.5, 0.6) is 0 Å². The van der Waals surface area contributed by atoms with Crippen LogP contribution in [0, 0.1) is 19.7 Å². The van der Waals surface area contributed by atoms with Gasteiger partial charge in [0.2, 0.25) is 0 Å². The van der Waals surface area contributed by atoms with Gasteiger partial charge in [-0.2, -0.15) is 5.10 Å². The number of nitrogens with one attached hydrogen (secondary N) is 1. The first-order chi connectivity index (χ1) is 16.0. The van der Waals surface area contributed by atoms with Gasteiger partial charge in [-0.1, -0.05) is 23.9 Å². The molecule has 0 spiro atoms. The molecule has 33 heavy (non-hydrogen) atoms. The molecular formula is C25H21FN4O2S. The fourth-order valence-corrected chi connectivity index (χ4v) is 3.97. The van der Waals surface area contributed by atoms with Gasteiger partial charge >= 0.3 is 0 Å². The molecule has 0 radical (unpaired) electrons. The minimum atomic E-state index is -0.326. The molecule has 1 N–H and O–H groups in total. The molecule has 1 amide bonds. The minimum absolute atomic E-state index is 0.308. The van der Waals surface area contributed by atoms with Gasteiger partial charge in [0, 0.05) is 28.3 Å². The number of hydrogen-bond acceptors (Lipinski definition) is 6. The number of hydrogen-bond donors (Lipinski definition) is 1. The molecular weight excluding hydrogens is 439 g/mol. The Balaban J connectivity index is 1.30. The smallest absolute Gasteiger partial charge is 0.271 e. The lowest BCUT2D eigenvalue weighted by Crippen LogP contribution is -2.17. The van der Waals surface area contributed by atoms with Gasteiger partial charge in [0.05, 0.1) is 6.21 Å². The molecule has 0 bridgehead atoms. The molecule has 2 heterocycles. The van der Waals surface area contributed by atoms with E-state index in [-0.39, 0.29) is 11.7 Å². The monoisotopic (exact) mass is 460 g/mol. The highest BCUT2D eigenvalue weighted by molar-refractivity contribution is 7.98. The number of nitrogens with zero attached hydrogens (tertiary/aromatic N) is 3. The van der Waals surface area contributed by atoms with Crippen LogP contribution < -0.4 is 5.43 Å². The van der Waals surface area contributed by atoms with Crippen LogP contribution in [0.15, 0.2) is 81.4 Å². The summed E-state index contributed by atoms with van der Waals surface area (Å²) < 4.78 is 18.7. The first-order valence-corrected chi connectivity index (χ1v) is 11.2. The molecule has 0 aliphatic rings. The summed E-state index contributed by atoms with van der Waals surface area (Å²) in [7, 11) is 0. The van der Waals surface area contributed by atoms with Crippen LogP contribution in [-0.2, 0) is 5.75 Å². The summed E-state index contributed by atoms with van der Waals surface area (Å²) in [6.45, 7) is 3.90. The maximum atomic E-state index is 13.0. The van der Waals surface area contributed by atoms with E-state index in [2.05, 4.69) is 20.5 Å². The van der Waals surface area contributed by atoms with Crippen molar-refractivity contribution in [3.05, 3.63) is 101 Å². The standard InChI is InChI=1S/C25H21FN4O2S/c1-16-13-17(2)29-25(28-16)33-15-18-3-5-20(6-4-18)24(31)30-27-14-22-11-12-23(32-22)19-7-9-21(26)10-8-19/h3-14H,15H2,1-2H3,(H,30,31)/b27-14+. The molecule has 0 unspecified atom stereocenters. The highest BCUT2D eigenvalue weighted by Gasteiger charge is 2.07. The molecule has 8 heteroatoms. The molecule has 0 saturated carbocycles. The molecule has 6 nitrogen and oxygen atoms in total. The quantitative estimate of drug-likeness (QED) is 0.169. The van der Waals surface area contributed by atoms with Crippen LogP contribution >= 0.6 is 11.8 Å². The zero-order valence-electron chi connectivity index (χ0n) is 18.1. The maximum Gasteiger partial charge on any atom is 0.271 e. The van der Waals surface area contributed by atoms with Crippen molar-refractivity contribution in [3.63, 3.8) is 0 Å². The lowest BCUT2D eigenvalue weighted by Gasteiger charge is -2.04.